The van der Waals surface area contributed by atoms with Crippen molar-refractivity contribution >= 4 is 33.2 Å². The van der Waals surface area contributed by atoms with E-state index in [2.05, 4.69) is 15.1 Å². The Labute approximate surface area is 117 Å². The molecule has 20 heavy (non-hydrogen) atoms. The van der Waals surface area contributed by atoms with Crippen LogP contribution in [-0.4, -0.2) is 24.7 Å². The number of anilines is 1. The average Bonchev–Trinajstić information content (AvgIpc) is 2.96. The van der Waals surface area contributed by atoms with E-state index < -0.39 is 4.92 Å². The standard InChI is InChI=1S/C11H10N6O2S/c1-6-4-16(15-10(6)17(18)19)5-8-13-9(12)7-2-3-20-11(7)14-8/h2-4H,5H2,1H3,(H2,12,13,14). The first kappa shape index (κ1) is 12.5. The van der Waals surface area contributed by atoms with E-state index in [1.807, 2.05) is 11.4 Å². The van der Waals surface area contributed by atoms with Crippen LogP contribution in [0.15, 0.2) is 17.6 Å². The van der Waals surface area contributed by atoms with Gasteiger partial charge in [-0.3, -0.25) is 0 Å². The van der Waals surface area contributed by atoms with Gasteiger partial charge in [0.1, 0.15) is 17.2 Å². The Bertz CT molecular complexity index is 808. The number of fused-ring (bicyclic) bond motifs is 1. The number of nitro groups is 1. The van der Waals surface area contributed by atoms with E-state index in [4.69, 9.17) is 5.73 Å². The Kier molecular flexibility index (Phi) is 2.83. The van der Waals surface area contributed by atoms with Crippen LogP contribution in [0.5, 0.6) is 0 Å². The van der Waals surface area contributed by atoms with Crippen molar-refractivity contribution < 1.29 is 4.92 Å². The molecule has 3 heterocycles. The fourth-order valence-corrected chi connectivity index (χ4v) is 2.70. The minimum absolute atomic E-state index is 0.157. The predicted octanol–water partition coefficient (Wildman–Crippen LogP) is 1.73. The first-order chi connectivity index (χ1) is 9.54. The molecule has 0 aliphatic rings. The number of hydrogen-bond acceptors (Lipinski definition) is 7. The van der Waals surface area contributed by atoms with Crippen LogP contribution in [0.2, 0.25) is 0 Å². The molecule has 0 aliphatic heterocycles. The molecule has 8 nitrogen and oxygen atoms in total. The monoisotopic (exact) mass is 290 g/mol. The van der Waals surface area contributed by atoms with Crippen molar-refractivity contribution in [2.24, 2.45) is 0 Å². The lowest BCUT2D eigenvalue weighted by molar-refractivity contribution is -0.390. The van der Waals surface area contributed by atoms with Gasteiger partial charge in [0.25, 0.3) is 0 Å². The SMILES string of the molecule is Cc1cn(Cc2nc(N)c3ccsc3n2)nc1[N+](=O)[O-]. The van der Waals surface area contributed by atoms with Crippen LogP contribution in [0.1, 0.15) is 11.4 Å². The zero-order chi connectivity index (χ0) is 14.3. The van der Waals surface area contributed by atoms with Crippen LogP contribution in [0, 0.1) is 17.0 Å². The van der Waals surface area contributed by atoms with Crippen molar-refractivity contribution in [1.82, 2.24) is 19.7 Å². The molecule has 0 amide bonds. The highest BCUT2D eigenvalue weighted by molar-refractivity contribution is 7.16. The molecule has 3 aromatic heterocycles. The molecule has 0 bridgehead atoms. The average molecular weight is 290 g/mol. The smallest absolute Gasteiger partial charge is 0.383 e. The second-order valence-electron chi connectivity index (χ2n) is 4.25. The van der Waals surface area contributed by atoms with Crippen LogP contribution >= 0.6 is 11.3 Å². The van der Waals surface area contributed by atoms with E-state index in [0.717, 1.165) is 10.2 Å². The Morgan fingerprint density at radius 1 is 1.50 bits per heavy atom. The topological polar surface area (TPSA) is 113 Å². The molecule has 9 heteroatoms. The summed E-state index contributed by atoms with van der Waals surface area (Å²) in [6.07, 6.45) is 1.59. The number of aryl methyl sites for hydroxylation is 1. The zero-order valence-corrected chi connectivity index (χ0v) is 11.3. The Morgan fingerprint density at radius 2 is 2.30 bits per heavy atom. The van der Waals surface area contributed by atoms with Crippen LogP contribution in [0.25, 0.3) is 10.2 Å². The lowest BCUT2D eigenvalue weighted by atomic mass is 10.4. The summed E-state index contributed by atoms with van der Waals surface area (Å²) in [4.78, 5) is 19.6. The van der Waals surface area contributed by atoms with Gasteiger partial charge < -0.3 is 15.8 Å². The maximum atomic E-state index is 10.8. The molecule has 0 saturated carbocycles. The largest absolute Gasteiger partial charge is 0.392 e. The summed E-state index contributed by atoms with van der Waals surface area (Å²) in [5.41, 5.74) is 6.36. The van der Waals surface area contributed by atoms with E-state index in [0.29, 0.717) is 17.2 Å². The minimum atomic E-state index is -0.510. The summed E-state index contributed by atoms with van der Waals surface area (Å²) in [5, 5.41) is 17.4. The van der Waals surface area contributed by atoms with Crippen molar-refractivity contribution in [2.75, 3.05) is 5.73 Å². The highest BCUT2D eigenvalue weighted by Crippen LogP contribution is 2.23. The van der Waals surface area contributed by atoms with Crippen LogP contribution < -0.4 is 5.73 Å². The number of thiophene rings is 1. The summed E-state index contributed by atoms with van der Waals surface area (Å²) in [7, 11) is 0. The molecular formula is C11H10N6O2S. The Morgan fingerprint density at radius 3 is 3.00 bits per heavy atom. The molecule has 0 aromatic carbocycles. The summed E-state index contributed by atoms with van der Waals surface area (Å²) in [6, 6.07) is 1.86. The molecule has 2 N–H and O–H groups in total. The Hall–Kier alpha value is -2.55. The number of nitrogens with zero attached hydrogens (tertiary/aromatic N) is 5. The second-order valence-corrected chi connectivity index (χ2v) is 5.15. The molecule has 0 fully saturated rings. The number of rotatable bonds is 3. The molecule has 3 rings (SSSR count). The van der Waals surface area contributed by atoms with Gasteiger partial charge in [-0.25, -0.2) is 9.97 Å². The third kappa shape index (κ3) is 2.07. The predicted molar refractivity (Wildman–Crippen MR) is 74.5 cm³/mol. The fraction of sp³-hybridized carbons (Fsp3) is 0.182. The summed E-state index contributed by atoms with van der Waals surface area (Å²) >= 11 is 1.47. The van der Waals surface area contributed by atoms with Crippen LogP contribution in [0.3, 0.4) is 0 Å². The minimum Gasteiger partial charge on any atom is -0.383 e. The number of hydrogen-bond donors (Lipinski definition) is 1. The number of aromatic nitrogens is 4. The van der Waals surface area contributed by atoms with Gasteiger partial charge in [0.2, 0.25) is 0 Å². The van der Waals surface area contributed by atoms with E-state index in [1.165, 1.54) is 16.0 Å². The van der Waals surface area contributed by atoms with Crippen molar-refractivity contribution in [1.29, 1.82) is 0 Å². The van der Waals surface area contributed by atoms with Gasteiger partial charge in [-0.2, -0.15) is 4.68 Å². The highest BCUT2D eigenvalue weighted by Gasteiger charge is 2.18. The van der Waals surface area contributed by atoms with E-state index >= 15 is 0 Å². The molecule has 0 atom stereocenters. The normalized spacial score (nSPS) is 11.1. The lowest BCUT2D eigenvalue weighted by Gasteiger charge is -2.00. The maximum Gasteiger partial charge on any atom is 0.392 e. The van der Waals surface area contributed by atoms with E-state index in [-0.39, 0.29) is 12.4 Å². The summed E-state index contributed by atoms with van der Waals surface area (Å²) < 4.78 is 1.45. The number of nitrogen functional groups attached to an aromatic ring is 1. The molecule has 0 unspecified atom stereocenters. The molecule has 0 saturated heterocycles. The third-order valence-corrected chi connectivity index (χ3v) is 3.60. The van der Waals surface area contributed by atoms with Crippen molar-refractivity contribution in [2.45, 2.75) is 13.5 Å². The zero-order valence-electron chi connectivity index (χ0n) is 10.5. The van der Waals surface area contributed by atoms with E-state index in [9.17, 15) is 10.1 Å². The van der Waals surface area contributed by atoms with Gasteiger partial charge in [0.05, 0.1) is 22.2 Å². The quantitative estimate of drug-likeness (QED) is 0.580. The molecule has 3 aromatic rings. The number of nitrogens with two attached hydrogens (primary N) is 1. The van der Waals surface area contributed by atoms with Crippen molar-refractivity contribution in [3.05, 3.63) is 39.1 Å². The Balaban J connectivity index is 1.96. The summed E-state index contributed by atoms with van der Waals surface area (Å²) in [6.45, 7) is 1.88. The molecule has 0 aliphatic carbocycles. The third-order valence-electron chi connectivity index (χ3n) is 2.80. The van der Waals surface area contributed by atoms with Crippen LogP contribution in [-0.2, 0) is 6.54 Å². The van der Waals surface area contributed by atoms with Gasteiger partial charge in [-0.05, 0) is 23.3 Å². The van der Waals surface area contributed by atoms with Gasteiger partial charge in [-0.1, -0.05) is 0 Å². The molecular weight excluding hydrogens is 280 g/mol. The second kappa shape index (κ2) is 4.53. The lowest BCUT2D eigenvalue weighted by Crippen LogP contribution is -2.07. The van der Waals surface area contributed by atoms with Crippen molar-refractivity contribution in [3.8, 4) is 0 Å². The molecule has 0 radical (unpaired) electrons. The van der Waals surface area contributed by atoms with Gasteiger partial charge in [0, 0.05) is 0 Å². The highest BCUT2D eigenvalue weighted by atomic mass is 32.1. The van der Waals surface area contributed by atoms with Crippen molar-refractivity contribution in [3.63, 3.8) is 0 Å². The first-order valence-electron chi connectivity index (χ1n) is 5.72. The van der Waals surface area contributed by atoms with Gasteiger partial charge in [-0.15, -0.1) is 11.3 Å². The fourth-order valence-electron chi connectivity index (χ4n) is 1.91. The summed E-state index contributed by atoms with van der Waals surface area (Å²) in [5.74, 6) is 0.731. The first-order valence-corrected chi connectivity index (χ1v) is 6.60. The maximum absolute atomic E-state index is 10.8. The van der Waals surface area contributed by atoms with Gasteiger partial charge >= 0.3 is 5.82 Å². The van der Waals surface area contributed by atoms with Gasteiger partial charge in [0.15, 0.2) is 5.82 Å². The molecule has 0 spiro atoms. The van der Waals surface area contributed by atoms with E-state index in [1.54, 1.807) is 13.1 Å². The van der Waals surface area contributed by atoms with Crippen LogP contribution in [0.4, 0.5) is 11.6 Å². The molecule has 102 valence electrons.